The Morgan fingerprint density at radius 3 is 3.21 bits per heavy atom. The summed E-state index contributed by atoms with van der Waals surface area (Å²) in [7, 11) is 0. The molecule has 0 aliphatic heterocycles. The van der Waals surface area contributed by atoms with Crippen LogP contribution in [0.15, 0.2) is 29.8 Å². The minimum atomic E-state index is -0.321. The van der Waals surface area contributed by atoms with Gasteiger partial charge in [-0.3, -0.25) is 0 Å². The molecule has 2 nitrogen and oxygen atoms in total. The van der Waals surface area contributed by atoms with Crippen LogP contribution in [0.4, 0.5) is 4.39 Å². The molecular weight excluding hydrogens is 201 g/mol. The molecular formula is C10H7FNOS. The minimum Gasteiger partial charge on any atom is -0.486 e. The Morgan fingerprint density at radius 2 is 2.50 bits per heavy atom. The van der Waals surface area contributed by atoms with E-state index in [-0.39, 0.29) is 5.82 Å². The second-order valence-corrected chi connectivity index (χ2v) is 3.56. The lowest BCUT2D eigenvalue weighted by Crippen LogP contribution is -1.94. The molecule has 0 spiro atoms. The quantitative estimate of drug-likeness (QED) is 0.773. The van der Waals surface area contributed by atoms with Crippen LogP contribution < -0.4 is 4.74 Å². The first-order valence-electron chi connectivity index (χ1n) is 4.03. The number of halogens is 1. The summed E-state index contributed by atoms with van der Waals surface area (Å²) < 4.78 is 18.0. The standard InChI is InChI=1S/C10H7FNOS/c11-8-2-1-3-9(6-8)13-7-10-12-4-5-14-10/h1-2,4-6H,7H2. The van der Waals surface area contributed by atoms with E-state index in [2.05, 4.69) is 11.1 Å². The van der Waals surface area contributed by atoms with Crippen molar-refractivity contribution in [2.24, 2.45) is 0 Å². The lowest BCUT2D eigenvalue weighted by atomic mass is 10.3. The highest BCUT2D eigenvalue weighted by Gasteiger charge is 1.98. The monoisotopic (exact) mass is 208 g/mol. The van der Waals surface area contributed by atoms with E-state index < -0.39 is 0 Å². The highest BCUT2D eigenvalue weighted by Crippen LogP contribution is 2.14. The molecule has 14 heavy (non-hydrogen) atoms. The summed E-state index contributed by atoms with van der Waals surface area (Å²) in [6.07, 6.45) is 1.71. The summed E-state index contributed by atoms with van der Waals surface area (Å²) in [5, 5.41) is 2.73. The zero-order chi connectivity index (χ0) is 9.80. The Labute approximate surface area is 85.0 Å². The Kier molecular flexibility index (Phi) is 2.74. The van der Waals surface area contributed by atoms with Gasteiger partial charge in [-0.25, -0.2) is 9.37 Å². The predicted molar refractivity (Wildman–Crippen MR) is 51.7 cm³/mol. The van der Waals surface area contributed by atoms with Crippen molar-refractivity contribution in [3.05, 3.63) is 46.7 Å². The second kappa shape index (κ2) is 4.19. The molecule has 0 aliphatic rings. The van der Waals surface area contributed by atoms with Crippen molar-refractivity contribution in [3.8, 4) is 5.75 Å². The smallest absolute Gasteiger partial charge is 0.140 e. The predicted octanol–water partition coefficient (Wildman–Crippen LogP) is 2.66. The normalized spacial score (nSPS) is 10.1. The molecule has 0 atom stereocenters. The highest BCUT2D eigenvalue weighted by molar-refractivity contribution is 7.09. The SMILES string of the molecule is Fc1cc[c]c(OCc2nccs2)c1. The first-order chi connectivity index (χ1) is 6.84. The lowest BCUT2D eigenvalue weighted by molar-refractivity contribution is 0.303. The first kappa shape index (κ1) is 9.15. The average Bonchev–Trinajstić information content (AvgIpc) is 2.67. The molecule has 0 N–H and O–H groups in total. The van der Waals surface area contributed by atoms with Crippen molar-refractivity contribution in [2.45, 2.75) is 6.61 Å². The van der Waals surface area contributed by atoms with Gasteiger partial charge in [-0.1, -0.05) is 0 Å². The van der Waals surface area contributed by atoms with Gasteiger partial charge in [0.05, 0.1) is 0 Å². The number of nitrogens with zero attached hydrogens (tertiary/aromatic N) is 1. The summed E-state index contributed by atoms with van der Waals surface area (Å²) >= 11 is 1.50. The molecule has 71 valence electrons. The van der Waals surface area contributed by atoms with Crippen LogP contribution in [0.25, 0.3) is 0 Å². The Balaban J connectivity index is 1.98. The van der Waals surface area contributed by atoms with Crippen molar-refractivity contribution < 1.29 is 9.13 Å². The molecule has 2 aromatic rings. The second-order valence-electron chi connectivity index (χ2n) is 2.59. The highest BCUT2D eigenvalue weighted by atomic mass is 32.1. The lowest BCUT2D eigenvalue weighted by Gasteiger charge is -2.02. The van der Waals surface area contributed by atoms with E-state index in [1.807, 2.05) is 5.38 Å². The van der Waals surface area contributed by atoms with Crippen LogP contribution in [0.2, 0.25) is 0 Å². The molecule has 0 amide bonds. The van der Waals surface area contributed by atoms with E-state index in [1.54, 1.807) is 6.20 Å². The van der Waals surface area contributed by atoms with Gasteiger partial charge < -0.3 is 4.74 Å². The Hall–Kier alpha value is -1.42. The fourth-order valence-electron chi connectivity index (χ4n) is 0.965. The molecule has 0 fully saturated rings. The van der Waals surface area contributed by atoms with Crippen LogP contribution in [0, 0.1) is 11.9 Å². The molecule has 1 aromatic carbocycles. The van der Waals surface area contributed by atoms with E-state index in [0.29, 0.717) is 12.4 Å². The van der Waals surface area contributed by atoms with Gasteiger partial charge in [0.15, 0.2) is 0 Å². The summed E-state index contributed by atoms with van der Waals surface area (Å²) in [6, 6.07) is 6.91. The number of benzene rings is 1. The zero-order valence-electron chi connectivity index (χ0n) is 7.24. The van der Waals surface area contributed by atoms with Crippen molar-refractivity contribution in [2.75, 3.05) is 0 Å². The molecule has 4 heteroatoms. The molecule has 0 saturated carbocycles. The molecule has 0 unspecified atom stereocenters. The van der Waals surface area contributed by atoms with Gasteiger partial charge in [0, 0.05) is 23.7 Å². The van der Waals surface area contributed by atoms with E-state index in [9.17, 15) is 4.39 Å². The van der Waals surface area contributed by atoms with E-state index in [1.165, 1.54) is 29.5 Å². The summed E-state index contributed by atoms with van der Waals surface area (Å²) in [4.78, 5) is 4.04. The minimum absolute atomic E-state index is 0.321. The van der Waals surface area contributed by atoms with Gasteiger partial charge in [-0.05, 0) is 12.1 Å². The van der Waals surface area contributed by atoms with E-state index in [4.69, 9.17) is 4.74 Å². The molecule has 1 heterocycles. The first-order valence-corrected chi connectivity index (χ1v) is 4.91. The van der Waals surface area contributed by atoms with Crippen LogP contribution in [-0.2, 0) is 6.61 Å². The largest absolute Gasteiger partial charge is 0.486 e. The topological polar surface area (TPSA) is 22.1 Å². The molecule has 1 radical (unpaired) electrons. The van der Waals surface area contributed by atoms with Gasteiger partial charge in [0.25, 0.3) is 0 Å². The van der Waals surface area contributed by atoms with Crippen LogP contribution in [0.3, 0.4) is 0 Å². The fraction of sp³-hybridized carbons (Fsp3) is 0.100. The van der Waals surface area contributed by atoms with Gasteiger partial charge in [-0.15, -0.1) is 11.3 Å². The average molecular weight is 208 g/mol. The maximum Gasteiger partial charge on any atom is 0.140 e. The van der Waals surface area contributed by atoms with Crippen molar-refractivity contribution in [1.29, 1.82) is 0 Å². The van der Waals surface area contributed by atoms with Gasteiger partial charge in [0.1, 0.15) is 23.2 Å². The van der Waals surface area contributed by atoms with Crippen LogP contribution in [0.5, 0.6) is 5.75 Å². The number of hydrogen-bond acceptors (Lipinski definition) is 3. The number of aromatic nitrogens is 1. The molecule has 0 saturated heterocycles. The van der Waals surface area contributed by atoms with Crippen molar-refractivity contribution in [1.82, 2.24) is 4.98 Å². The maximum absolute atomic E-state index is 12.7. The third-order valence-electron chi connectivity index (χ3n) is 1.57. The molecule has 0 bridgehead atoms. The summed E-state index contributed by atoms with van der Waals surface area (Å²) in [5.41, 5.74) is 0. The molecule has 0 aliphatic carbocycles. The number of ether oxygens (including phenoxy) is 1. The molecule has 1 aromatic heterocycles. The van der Waals surface area contributed by atoms with Gasteiger partial charge >= 0.3 is 0 Å². The van der Waals surface area contributed by atoms with Crippen LogP contribution >= 0.6 is 11.3 Å². The van der Waals surface area contributed by atoms with E-state index >= 15 is 0 Å². The van der Waals surface area contributed by atoms with Crippen LogP contribution in [0.1, 0.15) is 5.01 Å². The number of hydrogen-bond donors (Lipinski definition) is 0. The third kappa shape index (κ3) is 2.29. The zero-order valence-corrected chi connectivity index (χ0v) is 8.05. The summed E-state index contributed by atoms with van der Waals surface area (Å²) in [6.45, 7) is 0.359. The number of thiazole rings is 1. The Bertz CT molecular complexity index is 402. The third-order valence-corrected chi connectivity index (χ3v) is 2.32. The Morgan fingerprint density at radius 1 is 1.57 bits per heavy atom. The van der Waals surface area contributed by atoms with Gasteiger partial charge in [0.2, 0.25) is 0 Å². The maximum atomic E-state index is 12.7. The fourth-order valence-corrected chi connectivity index (χ4v) is 1.49. The summed E-state index contributed by atoms with van der Waals surface area (Å²) in [5.74, 6) is 0.0816. The molecule has 2 rings (SSSR count). The van der Waals surface area contributed by atoms with Crippen LogP contribution in [-0.4, -0.2) is 4.98 Å². The van der Waals surface area contributed by atoms with Gasteiger partial charge in [-0.2, -0.15) is 0 Å². The van der Waals surface area contributed by atoms with E-state index in [0.717, 1.165) is 5.01 Å². The van der Waals surface area contributed by atoms with Crippen molar-refractivity contribution >= 4 is 11.3 Å². The van der Waals surface area contributed by atoms with Crippen molar-refractivity contribution in [3.63, 3.8) is 0 Å². The number of rotatable bonds is 3.